The molecule has 0 aliphatic carbocycles. The number of hydrogen-bond acceptors (Lipinski definition) is 2. The molecule has 28 heavy (non-hydrogen) atoms. The van der Waals surface area contributed by atoms with Crippen molar-refractivity contribution in [2.24, 2.45) is 0 Å². The molecule has 7 heteroatoms. The standard InChI is InChI=1S/C21H16F3N3O/c1-26(16-11-10-14-6-2-3-7-15(14)12-16)19(28)13-27-18-9-5-4-8-17(18)25-20(27)21(22,23)24/h2-12H,13H2,1H3. The van der Waals surface area contributed by atoms with E-state index in [1.54, 1.807) is 25.2 Å². The van der Waals surface area contributed by atoms with Crippen LogP contribution in [0.3, 0.4) is 0 Å². The summed E-state index contributed by atoms with van der Waals surface area (Å²) in [5.41, 5.74) is 1.09. The van der Waals surface area contributed by atoms with Crippen LogP contribution in [-0.2, 0) is 17.5 Å². The van der Waals surface area contributed by atoms with Crippen LogP contribution in [0.5, 0.6) is 0 Å². The van der Waals surface area contributed by atoms with Crippen molar-refractivity contribution in [1.29, 1.82) is 0 Å². The van der Waals surface area contributed by atoms with E-state index < -0.39 is 24.5 Å². The van der Waals surface area contributed by atoms with Crippen molar-refractivity contribution in [3.05, 3.63) is 72.6 Å². The average Bonchev–Trinajstić information content (AvgIpc) is 3.06. The normalized spacial score (nSPS) is 11.9. The van der Waals surface area contributed by atoms with Crippen LogP contribution < -0.4 is 4.90 Å². The number of alkyl halides is 3. The van der Waals surface area contributed by atoms with Gasteiger partial charge in [-0.25, -0.2) is 4.98 Å². The van der Waals surface area contributed by atoms with Crippen LogP contribution in [-0.4, -0.2) is 22.5 Å². The molecule has 0 saturated carbocycles. The molecule has 0 fully saturated rings. The molecule has 4 rings (SSSR count). The Labute approximate surface area is 158 Å². The van der Waals surface area contributed by atoms with Crippen molar-refractivity contribution in [2.75, 3.05) is 11.9 Å². The highest BCUT2D eigenvalue weighted by atomic mass is 19.4. The minimum Gasteiger partial charge on any atom is -0.314 e. The highest BCUT2D eigenvalue weighted by molar-refractivity contribution is 5.96. The van der Waals surface area contributed by atoms with E-state index in [2.05, 4.69) is 4.98 Å². The van der Waals surface area contributed by atoms with Gasteiger partial charge in [0.05, 0.1) is 11.0 Å². The Morgan fingerprint density at radius 2 is 1.68 bits per heavy atom. The summed E-state index contributed by atoms with van der Waals surface area (Å²) in [5, 5.41) is 1.97. The van der Waals surface area contributed by atoms with E-state index in [0.717, 1.165) is 15.3 Å². The number of nitrogens with zero attached hydrogens (tertiary/aromatic N) is 3. The molecule has 4 aromatic rings. The maximum Gasteiger partial charge on any atom is 0.449 e. The average molecular weight is 383 g/mol. The third-order valence-electron chi connectivity index (χ3n) is 4.70. The molecule has 0 atom stereocenters. The maximum absolute atomic E-state index is 13.4. The molecule has 0 N–H and O–H groups in total. The number of carbonyl (C=O) groups is 1. The molecule has 0 unspecified atom stereocenters. The Morgan fingerprint density at radius 1 is 1.00 bits per heavy atom. The van der Waals surface area contributed by atoms with Gasteiger partial charge >= 0.3 is 6.18 Å². The summed E-state index contributed by atoms with van der Waals surface area (Å²) in [7, 11) is 1.55. The Bertz CT molecular complexity index is 1180. The van der Waals surface area contributed by atoms with Gasteiger partial charge in [-0.05, 0) is 35.0 Å². The Kier molecular flexibility index (Phi) is 4.30. The van der Waals surface area contributed by atoms with Crippen molar-refractivity contribution in [1.82, 2.24) is 9.55 Å². The molecule has 4 nitrogen and oxygen atoms in total. The molecule has 0 aliphatic heterocycles. The molecule has 0 aliphatic rings. The van der Waals surface area contributed by atoms with Crippen LogP contribution >= 0.6 is 0 Å². The molecule has 1 heterocycles. The molecule has 142 valence electrons. The predicted octanol–water partition coefficient (Wildman–Crippen LogP) is 4.87. The van der Waals surface area contributed by atoms with Crippen LogP contribution in [0.4, 0.5) is 18.9 Å². The van der Waals surface area contributed by atoms with E-state index in [0.29, 0.717) is 5.69 Å². The monoisotopic (exact) mass is 383 g/mol. The second-order valence-electron chi connectivity index (χ2n) is 6.49. The summed E-state index contributed by atoms with van der Waals surface area (Å²) in [6.07, 6.45) is -4.65. The van der Waals surface area contributed by atoms with Gasteiger partial charge in [0, 0.05) is 12.7 Å². The second-order valence-corrected chi connectivity index (χ2v) is 6.49. The summed E-state index contributed by atoms with van der Waals surface area (Å²) in [6, 6.07) is 19.4. The first kappa shape index (κ1) is 18.0. The topological polar surface area (TPSA) is 38.1 Å². The first-order chi connectivity index (χ1) is 13.3. The third-order valence-corrected chi connectivity index (χ3v) is 4.70. The molecule has 0 bridgehead atoms. The highest BCUT2D eigenvalue weighted by Crippen LogP contribution is 2.31. The van der Waals surface area contributed by atoms with Gasteiger partial charge in [-0.3, -0.25) is 4.79 Å². The maximum atomic E-state index is 13.4. The van der Waals surface area contributed by atoms with Gasteiger partial charge < -0.3 is 9.47 Å². The van der Waals surface area contributed by atoms with E-state index in [1.807, 2.05) is 36.4 Å². The van der Waals surface area contributed by atoms with Crippen LogP contribution in [0.15, 0.2) is 66.7 Å². The minimum atomic E-state index is -4.65. The summed E-state index contributed by atoms with van der Waals surface area (Å²) < 4.78 is 41.2. The van der Waals surface area contributed by atoms with Gasteiger partial charge in [-0.15, -0.1) is 0 Å². The van der Waals surface area contributed by atoms with Crippen molar-refractivity contribution >= 4 is 33.4 Å². The van der Waals surface area contributed by atoms with Crippen LogP contribution in [0.1, 0.15) is 5.82 Å². The van der Waals surface area contributed by atoms with Gasteiger partial charge in [-0.2, -0.15) is 13.2 Å². The number of halogens is 3. The molecule has 0 saturated heterocycles. The summed E-state index contributed by atoms with van der Waals surface area (Å²) >= 11 is 0. The quantitative estimate of drug-likeness (QED) is 0.506. The van der Waals surface area contributed by atoms with Crippen molar-refractivity contribution in [2.45, 2.75) is 12.7 Å². The van der Waals surface area contributed by atoms with E-state index >= 15 is 0 Å². The number of likely N-dealkylation sites (N-methyl/N-ethyl adjacent to an activating group) is 1. The molecular weight excluding hydrogens is 367 g/mol. The number of hydrogen-bond donors (Lipinski definition) is 0. The Hall–Kier alpha value is -3.35. The summed E-state index contributed by atoms with van der Waals surface area (Å²) in [6.45, 7) is -0.460. The number of anilines is 1. The molecule has 3 aromatic carbocycles. The predicted molar refractivity (Wildman–Crippen MR) is 102 cm³/mol. The largest absolute Gasteiger partial charge is 0.449 e. The van der Waals surface area contributed by atoms with E-state index in [9.17, 15) is 18.0 Å². The second kappa shape index (κ2) is 6.67. The molecular formula is C21H16F3N3O. The SMILES string of the molecule is CN(C(=O)Cn1c(C(F)(F)F)nc2ccccc21)c1ccc2ccccc2c1. The molecule has 1 aromatic heterocycles. The highest BCUT2D eigenvalue weighted by Gasteiger charge is 2.38. The number of rotatable bonds is 3. The zero-order chi connectivity index (χ0) is 19.9. The van der Waals surface area contributed by atoms with Crippen LogP contribution in [0, 0.1) is 0 Å². The van der Waals surface area contributed by atoms with Gasteiger partial charge in [0.25, 0.3) is 0 Å². The zero-order valence-electron chi connectivity index (χ0n) is 14.9. The lowest BCUT2D eigenvalue weighted by Crippen LogP contribution is -2.31. The number of imidazole rings is 1. The number of amides is 1. The lowest BCUT2D eigenvalue weighted by Gasteiger charge is -2.19. The van der Waals surface area contributed by atoms with Crippen molar-refractivity contribution in [3.63, 3.8) is 0 Å². The number of benzene rings is 3. The smallest absolute Gasteiger partial charge is 0.314 e. The van der Waals surface area contributed by atoms with Crippen LogP contribution in [0.2, 0.25) is 0 Å². The first-order valence-corrected chi connectivity index (χ1v) is 8.62. The van der Waals surface area contributed by atoms with E-state index in [4.69, 9.17) is 0 Å². The lowest BCUT2D eigenvalue weighted by molar-refractivity contribution is -0.147. The fourth-order valence-corrected chi connectivity index (χ4v) is 3.22. The fourth-order valence-electron chi connectivity index (χ4n) is 3.22. The van der Waals surface area contributed by atoms with Gasteiger partial charge in [0.15, 0.2) is 0 Å². The Morgan fingerprint density at radius 3 is 2.43 bits per heavy atom. The fraction of sp³-hybridized carbons (Fsp3) is 0.143. The summed E-state index contributed by atoms with van der Waals surface area (Å²) in [5.74, 6) is -1.54. The number of para-hydroxylation sites is 2. The van der Waals surface area contributed by atoms with E-state index in [1.165, 1.54) is 17.0 Å². The van der Waals surface area contributed by atoms with Crippen molar-refractivity contribution < 1.29 is 18.0 Å². The van der Waals surface area contributed by atoms with Gasteiger partial charge in [0.1, 0.15) is 6.54 Å². The lowest BCUT2D eigenvalue weighted by atomic mass is 10.1. The first-order valence-electron chi connectivity index (χ1n) is 8.62. The molecule has 0 spiro atoms. The number of aromatic nitrogens is 2. The number of carbonyl (C=O) groups excluding carboxylic acids is 1. The molecule has 1 amide bonds. The Balaban J connectivity index is 1.69. The van der Waals surface area contributed by atoms with Crippen LogP contribution in [0.25, 0.3) is 21.8 Å². The summed E-state index contributed by atoms with van der Waals surface area (Å²) in [4.78, 5) is 17.8. The molecule has 0 radical (unpaired) electrons. The van der Waals surface area contributed by atoms with Gasteiger partial charge in [-0.1, -0.05) is 42.5 Å². The minimum absolute atomic E-state index is 0.205. The number of fused-ring (bicyclic) bond motifs is 2. The van der Waals surface area contributed by atoms with Gasteiger partial charge in [0.2, 0.25) is 11.7 Å². The van der Waals surface area contributed by atoms with Crippen molar-refractivity contribution in [3.8, 4) is 0 Å². The third kappa shape index (κ3) is 3.19. The van der Waals surface area contributed by atoms with E-state index in [-0.39, 0.29) is 11.0 Å². The zero-order valence-corrected chi connectivity index (χ0v) is 14.9.